The van der Waals surface area contributed by atoms with Crippen LogP contribution in [0.3, 0.4) is 0 Å². The van der Waals surface area contributed by atoms with E-state index in [2.05, 4.69) is 25.9 Å². The predicted molar refractivity (Wildman–Crippen MR) is 109 cm³/mol. The molecule has 0 bridgehead atoms. The van der Waals surface area contributed by atoms with Crippen LogP contribution in [0.2, 0.25) is 0 Å². The number of hydrogen-bond acceptors (Lipinski definition) is 6. The molecule has 0 aliphatic heterocycles. The van der Waals surface area contributed by atoms with Gasteiger partial charge in [-0.25, -0.2) is 18.7 Å². The highest BCUT2D eigenvalue weighted by Gasteiger charge is 2.25. The second-order valence-electron chi connectivity index (χ2n) is 6.47. The van der Waals surface area contributed by atoms with Crippen LogP contribution < -0.4 is 5.32 Å². The number of carbonyl (C=O) groups excluding carboxylic acids is 1. The van der Waals surface area contributed by atoms with Crippen LogP contribution >= 0.6 is 11.3 Å². The first-order chi connectivity index (χ1) is 14.9. The van der Waals surface area contributed by atoms with Crippen LogP contribution in [0.25, 0.3) is 22.5 Å². The summed E-state index contributed by atoms with van der Waals surface area (Å²) in [6.45, 7) is 1.40. The second kappa shape index (κ2) is 8.03. The Morgan fingerprint density at radius 1 is 1.06 bits per heavy atom. The Bertz CT molecular complexity index is 1300. The third-order valence-electron chi connectivity index (χ3n) is 4.57. The zero-order valence-electron chi connectivity index (χ0n) is 15.8. The van der Waals surface area contributed by atoms with Crippen molar-refractivity contribution in [2.75, 3.05) is 5.32 Å². The average Bonchev–Trinajstić information content (AvgIpc) is 3.42. The molecule has 0 saturated carbocycles. The molecule has 0 spiro atoms. The minimum absolute atomic E-state index is 0.0154. The molecule has 4 rings (SSSR count). The van der Waals surface area contributed by atoms with Gasteiger partial charge >= 0.3 is 5.97 Å². The number of carboxylic acid groups (broad SMARTS) is 1. The molecule has 0 aliphatic rings. The molecule has 1 amide bonds. The zero-order chi connectivity index (χ0) is 22.1. The van der Waals surface area contributed by atoms with Gasteiger partial charge in [0.15, 0.2) is 17.5 Å². The van der Waals surface area contributed by atoms with Gasteiger partial charge in [-0.15, -0.1) is 16.4 Å². The molecular formula is C20H13F2N5O3S. The molecule has 2 aromatic carbocycles. The number of carbonyl (C=O) groups is 2. The van der Waals surface area contributed by atoms with Gasteiger partial charge in [-0.05, 0) is 29.0 Å². The highest BCUT2D eigenvalue weighted by molar-refractivity contribution is 7.15. The topological polar surface area (TPSA) is 121 Å². The molecule has 0 atom stereocenters. The third kappa shape index (κ3) is 3.66. The molecular weight excluding hydrogens is 428 g/mol. The average molecular weight is 441 g/mol. The minimum Gasteiger partial charge on any atom is -0.478 e. The van der Waals surface area contributed by atoms with E-state index in [0.717, 1.165) is 11.3 Å². The van der Waals surface area contributed by atoms with E-state index in [-0.39, 0.29) is 38.6 Å². The molecule has 2 heterocycles. The number of tetrazole rings is 1. The van der Waals surface area contributed by atoms with Crippen LogP contribution in [-0.4, -0.2) is 37.6 Å². The molecule has 0 fully saturated rings. The maximum atomic E-state index is 14.5. The monoisotopic (exact) mass is 441 g/mol. The van der Waals surface area contributed by atoms with Crippen molar-refractivity contribution in [1.82, 2.24) is 20.6 Å². The molecule has 4 aromatic rings. The number of nitrogens with one attached hydrogen (secondary N) is 2. The Morgan fingerprint density at radius 2 is 1.84 bits per heavy atom. The van der Waals surface area contributed by atoms with Crippen molar-refractivity contribution in [3.63, 3.8) is 0 Å². The number of halogens is 2. The Balaban J connectivity index is 1.74. The van der Waals surface area contributed by atoms with Crippen molar-refractivity contribution < 1.29 is 23.5 Å². The van der Waals surface area contributed by atoms with Crippen LogP contribution in [0.15, 0.2) is 41.8 Å². The van der Waals surface area contributed by atoms with Crippen molar-refractivity contribution in [3.05, 3.63) is 70.1 Å². The van der Waals surface area contributed by atoms with Crippen LogP contribution in [0, 0.1) is 18.6 Å². The number of hydrogen-bond donors (Lipinski definition) is 3. The number of benzene rings is 2. The number of anilines is 1. The van der Waals surface area contributed by atoms with Crippen molar-refractivity contribution in [1.29, 1.82) is 0 Å². The smallest absolute Gasteiger partial charge is 0.339 e. The number of carboxylic acids is 1. The number of thiophene rings is 1. The molecule has 31 heavy (non-hydrogen) atoms. The maximum absolute atomic E-state index is 14.5. The summed E-state index contributed by atoms with van der Waals surface area (Å²) in [4.78, 5) is 24.8. The van der Waals surface area contributed by atoms with Crippen LogP contribution in [-0.2, 0) is 0 Å². The number of aromatic carboxylic acids is 1. The van der Waals surface area contributed by atoms with Crippen LogP contribution in [0.1, 0.15) is 26.3 Å². The highest BCUT2D eigenvalue weighted by Crippen LogP contribution is 2.38. The first kappa shape index (κ1) is 20.3. The number of rotatable bonds is 5. The number of H-pyrrole nitrogens is 1. The van der Waals surface area contributed by atoms with E-state index in [1.807, 2.05) is 0 Å². The van der Waals surface area contributed by atoms with Gasteiger partial charge in [0.25, 0.3) is 5.91 Å². The molecule has 0 saturated heterocycles. The largest absolute Gasteiger partial charge is 0.478 e. The van der Waals surface area contributed by atoms with E-state index in [1.165, 1.54) is 30.5 Å². The van der Waals surface area contributed by atoms with Crippen LogP contribution in [0.4, 0.5) is 13.8 Å². The van der Waals surface area contributed by atoms with Gasteiger partial charge < -0.3 is 10.4 Å². The van der Waals surface area contributed by atoms with Crippen molar-refractivity contribution in [2.24, 2.45) is 0 Å². The zero-order valence-corrected chi connectivity index (χ0v) is 16.6. The minimum atomic E-state index is -1.39. The van der Waals surface area contributed by atoms with E-state index in [0.29, 0.717) is 5.56 Å². The molecule has 156 valence electrons. The maximum Gasteiger partial charge on any atom is 0.339 e. The number of nitrogens with zero attached hydrogens (tertiary/aromatic N) is 3. The Labute approximate surface area is 177 Å². The third-order valence-corrected chi connectivity index (χ3v) is 5.47. The van der Waals surface area contributed by atoms with E-state index in [1.54, 1.807) is 18.2 Å². The lowest BCUT2D eigenvalue weighted by molar-refractivity contribution is 0.0699. The Morgan fingerprint density at radius 3 is 2.55 bits per heavy atom. The number of aromatic amines is 1. The molecule has 2 aromatic heterocycles. The number of aryl methyl sites for hydroxylation is 1. The molecule has 8 nitrogen and oxygen atoms in total. The molecule has 0 radical (unpaired) electrons. The SMILES string of the molecule is Cc1ccc(-c2csc(NC(=O)c3ccccc3-c3nnn[nH]3)c2C(=O)O)c(F)c1F. The summed E-state index contributed by atoms with van der Waals surface area (Å²) in [5.74, 6) is -3.95. The highest BCUT2D eigenvalue weighted by atomic mass is 32.1. The quantitative estimate of drug-likeness (QED) is 0.428. The summed E-state index contributed by atoms with van der Waals surface area (Å²) >= 11 is 0.894. The number of aromatic nitrogens is 4. The lowest BCUT2D eigenvalue weighted by atomic mass is 10.0. The summed E-state index contributed by atoms with van der Waals surface area (Å²) in [5.41, 5.74) is 0.132. The summed E-state index contributed by atoms with van der Waals surface area (Å²) < 4.78 is 28.5. The van der Waals surface area contributed by atoms with Gasteiger partial charge in [0.1, 0.15) is 10.6 Å². The fourth-order valence-electron chi connectivity index (χ4n) is 3.05. The summed E-state index contributed by atoms with van der Waals surface area (Å²) in [6, 6.07) is 9.13. The number of amides is 1. The lowest BCUT2D eigenvalue weighted by Crippen LogP contribution is -2.15. The van der Waals surface area contributed by atoms with Crippen LogP contribution in [0.5, 0.6) is 0 Å². The van der Waals surface area contributed by atoms with Gasteiger partial charge in [-0.3, -0.25) is 4.79 Å². The van der Waals surface area contributed by atoms with Crippen molar-refractivity contribution >= 4 is 28.2 Å². The molecule has 11 heteroatoms. The molecule has 0 aliphatic carbocycles. The fourth-order valence-corrected chi connectivity index (χ4v) is 3.99. The van der Waals surface area contributed by atoms with Gasteiger partial charge in [-0.2, -0.15) is 0 Å². The fraction of sp³-hybridized carbons (Fsp3) is 0.0500. The summed E-state index contributed by atoms with van der Waals surface area (Å²) in [5, 5.41) is 26.9. The predicted octanol–water partition coefficient (Wildman–Crippen LogP) is 4.13. The normalized spacial score (nSPS) is 10.8. The van der Waals surface area contributed by atoms with Gasteiger partial charge in [0.05, 0.1) is 5.56 Å². The van der Waals surface area contributed by atoms with Gasteiger partial charge in [-0.1, -0.05) is 30.3 Å². The lowest BCUT2D eigenvalue weighted by Gasteiger charge is -2.09. The summed E-state index contributed by atoms with van der Waals surface area (Å²) in [7, 11) is 0. The first-order valence-electron chi connectivity index (χ1n) is 8.82. The van der Waals surface area contributed by atoms with Gasteiger partial charge in [0.2, 0.25) is 0 Å². The van der Waals surface area contributed by atoms with Crippen molar-refractivity contribution in [2.45, 2.75) is 6.92 Å². The molecule has 3 N–H and O–H groups in total. The summed E-state index contributed by atoms with van der Waals surface area (Å²) in [6.07, 6.45) is 0. The first-order valence-corrected chi connectivity index (χ1v) is 9.70. The van der Waals surface area contributed by atoms with E-state index in [9.17, 15) is 23.5 Å². The van der Waals surface area contributed by atoms with E-state index >= 15 is 0 Å². The Hall–Kier alpha value is -3.99. The van der Waals surface area contributed by atoms with E-state index in [4.69, 9.17) is 0 Å². The Kier molecular flexibility index (Phi) is 5.26. The second-order valence-corrected chi connectivity index (χ2v) is 7.35. The van der Waals surface area contributed by atoms with E-state index < -0.39 is 23.5 Å². The standard InChI is InChI=1S/C20H13F2N5O3S/c1-9-6-7-10(16(22)15(9)21)13-8-31-19(14(13)20(29)30)23-18(28)12-5-3-2-4-11(12)17-24-26-27-25-17/h2-8H,1H3,(H,23,28)(H,29,30)(H,24,25,26,27). The van der Waals surface area contributed by atoms with Gasteiger partial charge in [0, 0.05) is 22.1 Å². The molecule has 0 unspecified atom stereocenters. The van der Waals surface area contributed by atoms with Crippen molar-refractivity contribution in [3.8, 4) is 22.5 Å².